The molecule has 0 heterocycles. The fraction of sp³-hybridized carbons (Fsp3) is 0.140. The molecule has 0 aliphatic rings. The van der Waals surface area contributed by atoms with Crippen molar-refractivity contribution in [3.63, 3.8) is 0 Å². The van der Waals surface area contributed by atoms with Crippen LogP contribution in [0.2, 0.25) is 20.1 Å². The Morgan fingerprint density at radius 2 is 0.745 bits per heavy atom. The van der Waals surface area contributed by atoms with Crippen LogP contribution < -0.4 is 4.74 Å². The first-order valence-electron chi connectivity index (χ1n) is 31.1. The van der Waals surface area contributed by atoms with Gasteiger partial charge in [-0.3, -0.25) is 4.79 Å². The minimum atomic E-state index is -0.403. The van der Waals surface area contributed by atoms with Crippen LogP contribution in [0.4, 0.5) is 22.0 Å². The number of ketones is 1. The minimum Gasteiger partial charge on any atom is -0.494 e. The Kier molecular flexibility index (Phi) is 32.5. The molecule has 12 aromatic rings. The van der Waals surface area contributed by atoms with Crippen molar-refractivity contribution in [2.75, 3.05) is 7.11 Å². The van der Waals surface area contributed by atoms with Crippen LogP contribution in [0.15, 0.2) is 255 Å². The third kappa shape index (κ3) is 25.1. The Balaban J connectivity index is 0.000000204. The first kappa shape index (κ1) is 79.1. The largest absolute Gasteiger partial charge is 0.494 e. The molecule has 0 unspecified atom stereocenters. The number of nitrogens with zero attached hydrogens (tertiary/aromatic N) is 1. The average molecular weight is 1390 g/mol. The Morgan fingerprint density at radius 3 is 1.20 bits per heavy atom. The molecule has 0 atom stereocenters. The van der Waals surface area contributed by atoms with Gasteiger partial charge in [0.15, 0.2) is 17.3 Å². The second-order valence-electron chi connectivity index (χ2n) is 22.9. The summed E-state index contributed by atoms with van der Waals surface area (Å²) in [5.41, 5.74) is 17.1. The van der Waals surface area contributed by atoms with Crippen molar-refractivity contribution in [2.45, 2.75) is 76.2 Å². The van der Waals surface area contributed by atoms with Crippen LogP contribution in [-0.2, 0) is 0 Å². The molecule has 0 amide bonds. The van der Waals surface area contributed by atoms with Gasteiger partial charge in [-0.05, 0) is 187 Å². The highest BCUT2D eigenvalue weighted by Gasteiger charge is 2.12. The number of halogens is 9. The van der Waals surface area contributed by atoms with E-state index in [2.05, 4.69) is 43.3 Å². The maximum atomic E-state index is 13.5. The molecular formula is C86H78Cl4F5NO2. The quantitative estimate of drug-likeness (QED) is 0.123. The smallest absolute Gasteiger partial charge is 0.167 e. The summed E-state index contributed by atoms with van der Waals surface area (Å²) in [5.74, 6) is -0.963. The summed E-state index contributed by atoms with van der Waals surface area (Å²) in [6, 6.07) is 79.1. The van der Waals surface area contributed by atoms with E-state index in [1.807, 2.05) is 162 Å². The average Bonchev–Trinajstić information content (AvgIpc) is 0.890. The number of methoxy groups -OCH3 is 1. The van der Waals surface area contributed by atoms with Gasteiger partial charge < -0.3 is 4.74 Å². The molecule has 0 saturated carbocycles. The van der Waals surface area contributed by atoms with Crippen LogP contribution in [0.3, 0.4) is 0 Å². The number of ether oxygens (including phenoxy) is 1. The molecule has 0 radical (unpaired) electrons. The fourth-order valence-corrected chi connectivity index (χ4v) is 10.4. The third-order valence-corrected chi connectivity index (χ3v) is 16.1. The predicted molar refractivity (Wildman–Crippen MR) is 402 cm³/mol. The third-order valence-electron chi connectivity index (χ3n) is 14.7. The van der Waals surface area contributed by atoms with Crippen molar-refractivity contribution in [1.29, 1.82) is 5.26 Å². The second kappa shape index (κ2) is 40.2. The number of Topliss-reactive ketones (excluding diaryl/α,β-unsaturated/α-hetero) is 1. The summed E-state index contributed by atoms with van der Waals surface area (Å²) in [5, 5.41) is 12.0. The molecule has 12 heteroatoms. The number of hydrogen-bond acceptors (Lipinski definition) is 3. The molecule has 3 nitrogen and oxygen atoms in total. The van der Waals surface area contributed by atoms with Gasteiger partial charge in [-0.15, -0.1) is 0 Å². The number of hydrogen-bond donors (Lipinski definition) is 0. The molecule has 0 saturated heterocycles. The molecule has 502 valence electrons. The van der Waals surface area contributed by atoms with Crippen LogP contribution in [0.1, 0.15) is 78.5 Å². The first-order valence-corrected chi connectivity index (χ1v) is 32.6. The van der Waals surface area contributed by atoms with E-state index < -0.39 is 5.82 Å². The van der Waals surface area contributed by atoms with Crippen molar-refractivity contribution in [3.8, 4) is 56.3 Å². The van der Waals surface area contributed by atoms with Gasteiger partial charge in [-0.25, -0.2) is 22.0 Å². The summed E-state index contributed by atoms with van der Waals surface area (Å²) in [4.78, 5) is 10.8. The molecule has 0 fully saturated rings. The van der Waals surface area contributed by atoms with Crippen LogP contribution in [0, 0.1) is 110 Å². The normalized spacial score (nSPS) is 9.92. The Bertz CT molecular complexity index is 4510. The second-order valence-corrected chi connectivity index (χ2v) is 24.5. The molecule has 0 aliphatic carbocycles. The van der Waals surface area contributed by atoms with E-state index in [-0.39, 0.29) is 29.1 Å². The van der Waals surface area contributed by atoms with E-state index in [1.54, 1.807) is 113 Å². The lowest BCUT2D eigenvalue weighted by Crippen LogP contribution is -1.90. The van der Waals surface area contributed by atoms with Gasteiger partial charge in [-0.1, -0.05) is 252 Å². The molecule has 12 rings (SSSR count). The lowest BCUT2D eigenvalue weighted by Gasteiger charge is -2.07. The van der Waals surface area contributed by atoms with E-state index in [9.17, 15) is 26.7 Å². The highest BCUT2D eigenvalue weighted by Crippen LogP contribution is 2.33. The summed E-state index contributed by atoms with van der Waals surface area (Å²) < 4.78 is 70.8. The van der Waals surface area contributed by atoms with Gasteiger partial charge in [0.2, 0.25) is 0 Å². The van der Waals surface area contributed by atoms with Gasteiger partial charge >= 0.3 is 0 Å². The van der Waals surface area contributed by atoms with Crippen molar-refractivity contribution in [2.24, 2.45) is 0 Å². The van der Waals surface area contributed by atoms with E-state index in [4.69, 9.17) is 56.4 Å². The Morgan fingerprint density at radius 1 is 0.337 bits per heavy atom. The number of carbonyl (C=O) groups is 1. The molecule has 12 aromatic carbocycles. The van der Waals surface area contributed by atoms with Gasteiger partial charge in [0.05, 0.1) is 18.7 Å². The molecule has 0 spiro atoms. The van der Waals surface area contributed by atoms with Crippen LogP contribution in [0.5, 0.6) is 5.75 Å². The zero-order valence-corrected chi connectivity index (χ0v) is 59.9. The summed E-state index contributed by atoms with van der Waals surface area (Å²) in [6.45, 7) is 20.6. The lowest BCUT2D eigenvalue weighted by molar-refractivity contribution is 0.101. The fourth-order valence-electron chi connectivity index (χ4n) is 9.40. The van der Waals surface area contributed by atoms with Crippen molar-refractivity contribution < 1.29 is 31.5 Å². The van der Waals surface area contributed by atoms with Crippen molar-refractivity contribution in [3.05, 3.63) is 371 Å². The standard InChI is InChI=1S/C14H10ClN.C13H10ClF.C13H11Cl.C13H10F2.C9H10O.C8H9Cl.C8H9FO.C8H9F/c1-10-6-7-12(11(8-10)9-16)13-4-2-3-5-14(13)15;1-9-6-7-10(12(14)8-9)11-4-2-3-5-13(11)15;1-10-7-8-12(13(14)9-10)11-5-3-2-4-6-11;1-9-6-7-11(13(15)8-9)10-4-2-3-5-12(10)14;1-7-4-3-5-9(6-7)8(2)10;1-6-3-4-8(9)7(2)5-6;1-6-4-3-5-7(10-2)8(6)9;1-6-4-3-5-7(2)8(6)9/h2-8H,1H3;2-8H,1H3;2-9H,1H3;2-8H,1H3;3-6H,1-2H3;3-5H,1-2H3;3-5H,1-2H3;3-5H,1-2H3. The number of carbonyl (C=O) groups excluding carboxylic acids is 1. The molecule has 0 aliphatic heterocycles. The zero-order valence-electron chi connectivity index (χ0n) is 56.9. The number of nitriles is 1. The first-order chi connectivity index (χ1) is 46.7. The highest BCUT2D eigenvalue weighted by molar-refractivity contribution is 6.34. The van der Waals surface area contributed by atoms with Crippen LogP contribution >= 0.6 is 46.4 Å². The van der Waals surface area contributed by atoms with Gasteiger partial charge in [-0.2, -0.15) is 5.26 Å². The monoisotopic (exact) mass is 1390 g/mol. The van der Waals surface area contributed by atoms with E-state index in [1.165, 1.54) is 36.4 Å². The predicted octanol–water partition coefficient (Wildman–Crippen LogP) is 26.6. The van der Waals surface area contributed by atoms with Gasteiger partial charge in [0.25, 0.3) is 0 Å². The van der Waals surface area contributed by atoms with E-state index >= 15 is 0 Å². The van der Waals surface area contributed by atoms with Gasteiger partial charge in [0.1, 0.15) is 23.3 Å². The Hall–Kier alpha value is -9.59. The van der Waals surface area contributed by atoms with Crippen molar-refractivity contribution >= 4 is 52.2 Å². The summed E-state index contributed by atoms with van der Waals surface area (Å²) in [6.07, 6.45) is 0. The van der Waals surface area contributed by atoms with E-state index in [0.717, 1.165) is 82.4 Å². The SMILES string of the molecule is CC(=O)c1cccc(C)c1.COc1cccc(C)c1F.Cc1ccc(-c2ccccc2)c(Cl)c1.Cc1ccc(-c2ccccc2Cl)c(C#N)c1.Cc1ccc(-c2ccccc2F)c(Cl)c1.Cc1ccc(-c2ccccc2F)c(F)c1.Cc1ccc(Cl)c(C)c1.Cc1cccc(C)c1F. The zero-order chi connectivity index (χ0) is 72.0. The number of aryl methyl sites for hydroxylation is 10. The van der Waals surface area contributed by atoms with Crippen LogP contribution in [-0.4, -0.2) is 12.9 Å². The molecule has 0 N–H and O–H groups in total. The maximum absolute atomic E-state index is 13.5. The highest BCUT2D eigenvalue weighted by atomic mass is 35.5. The van der Waals surface area contributed by atoms with E-state index in [0.29, 0.717) is 43.6 Å². The van der Waals surface area contributed by atoms with Crippen LogP contribution in [0.25, 0.3) is 44.5 Å². The topological polar surface area (TPSA) is 50.1 Å². The number of rotatable bonds is 6. The van der Waals surface area contributed by atoms with Gasteiger partial charge in [0, 0.05) is 64.6 Å². The molecular weight excluding hydrogens is 1320 g/mol. The lowest BCUT2D eigenvalue weighted by atomic mass is 9.98. The summed E-state index contributed by atoms with van der Waals surface area (Å²) >= 11 is 24.1. The maximum Gasteiger partial charge on any atom is 0.167 e. The summed E-state index contributed by atoms with van der Waals surface area (Å²) in [7, 11) is 1.46. The molecule has 0 aromatic heterocycles. The number of benzene rings is 12. The van der Waals surface area contributed by atoms with Crippen molar-refractivity contribution in [1.82, 2.24) is 0 Å². The molecule has 0 bridgehead atoms. The molecule has 98 heavy (non-hydrogen) atoms. The minimum absolute atomic E-state index is 0.0856. The Labute approximate surface area is 595 Å².